The number of amides is 1. The Morgan fingerprint density at radius 3 is 2.44 bits per heavy atom. The van der Waals surface area contributed by atoms with Gasteiger partial charge in [-0.25, -0.2) is 14.1 Å². The molecule has 0 spiro atoms. The third-order valence-electron chi connectivity index (χ3n) is 4.05. The molecule has 0 bridgehead atoms. The lowest BCUT2D eigenvalue weighted by molar-refractivity contribution is 0.102. The van der Waals surface area contributed by atoms with Crippen molar-refractivity contribution in [3.05, 3.63) is 75.7 Å². The number of benzene rings is 1. The van der Waals surface area contributed by atoms with Crippen molar-refractivity contribution in [2.75, 3.05) is 5.32 Å². The van der Waals surface area contributed by atoms with E-state index >= 15 is 0 Å². The number of hydrogen-bond donors (Lipinski definition) is 1. The van der Waals surface area contributed by atoms with Crippen LogP contribution in [-0.4, -0.2) is 20.3 Å². The molecule has 0 atom stereocenters. The molecule has 3 aromatic rings. The summed E-state index contributed by atoms with van der Waals surface area (Å²) in [5.41, 5.74) is 1.28. The molecule has 1 N–H and O–H groups in total. The Kier molecular flexibility index (Phi) is 4.22. The summed E-state index contributed by atoms with van der Waals surface area (Å²) in [6, 6.07) is 11.6. The number of rotatable bonds is 3. The van der Waals surface area contributed by atoms with Crippen LogP contribution in [0.4, 0.5) is 10.1 Å². The van der Waals surface area contributed by atoms with Gasteiger partial charge in [0.1, 0.15) is 17.2 Å². The van der Waals surface area contributed by atoms with Crippen molar-refractivity contribution in [3.8, 4) is 5.69 Å². The lowest BCUT2D eigenvalue weighted by Crippen LogP contribution is -2.23. The lowest BCUT2D eigenvalue weighted by Gasteiger charge is -2.07. The van der Waals surface area contributed by atoms with Gasteiger partial charge >= 0.3 is 0 Å². The molecule has 6 nitrogen and oxygen atoms in total. The summed E-state index contributed by atoms with van der Waals surface area (Å²) >= 11 is 0. The molecule has 0 fully saturated rings. The fraction of sp³-hybridized carbons (Fsp3) is 0.167. The number of para-hydroxylation sites is 1. The summed E-state index contributed by atoms with van der Waals surface area (Å²) < 4.78 is 16.4. The van der Waals surface area contributed by atoms with Crippen LogP contribution in [0.15, 0.2) is 47.3 Å². The highest BCUT2D eigenvalue weighted by molar-refractivity contribution is 6.03. The van der Waals surface area contributed by atoms with Crippen molar-refractivity contribution < 1.29 is 9.18 Å². The van der Waals surface area contributed by atoms with E-state index in [9.17, 15) is 14.0 Å². The highest BCUT2D eigenvalue weighted by Crippen LogP contribution is 2.15. The first-order valence-electron chi connectivity index (χ1n) is 7.68. The predicted molar refractivity (Wildman–Crippen MR) is 92.6 cm³/mol. The second-order valence-electron chi connectivity index (χ2n) is 5.65. The molecule has 128 valence electrons. The second-order valence-corrected chi connectivity index (χ2v) is 5.65. The number of carbonyl (C=O) groups excluding carboxylic acids is 1. The van der Waals surface area contributed by atoms with Gasteiger partial charge in [-0.05, 0) is 38.1 Å². The van der Waals surface area contributed by atoms with Crippen LogP contribution in [0.25, 0.3) is 5.69 Å². The number of pyridine rings is 1. The minimum atomic E-state index is -0.561. The Balaban J connectivity index is 2.00. The maximum Gasteiger partial charge on any atom is 0.295 e. The Morgan fingerprint density at radius 1 is 1.12 bits per heavy atom. The zero-order chi connectivity index (χ0) is 18.1. The summed E-state index contributed by atoms with van der Waals surface area (Å²) in [4.78, 5) is 29.0. The molecule has 1 amide bonds. The van der Waals surface area contributed by atoms with Gasteiger partial charge in [-0.3, -0.25) is 14.3 Å². The van der Waals surface area contributed by atoms with Gasteiger partial charge in [-0.1, -0.05) is 18.2 Å². The van der Waals surface area contributed by atoms with Crippen LogP contribution in [0.5, 0.6) is 0 Å². The minimum absolute atomic E-state index is 0.0489. The molecule has 0 aliphatic rings. The molecule has 0 saturated heterocycles. The number of nitrogens with zero attached hydrogens (tertiary/aromatic N) is 3. The van der Waals surface area contributed by atoms with Crippen molar-refractivity contribution in [2.24, 2.45) is 7.05 Å². The van der Waals surface area contributed by atoms with Gasteiger partial charge in [0.25, 0.3) is 11.5 Å². The molecular formula is C18H17FN4O2. The third-order valence-corrected chi connectivity index (χ3v) is 4.05. The zero-order valence-corrected chi connectivity index (χ0v) is 14.1. The van der Waals surface area contributed by atoms with Crippen molar-refractivity contribution in [2.45, 2.75) is 13.8 Å². The standard InChI is InChI=1S/C18H17FN4O2/c1-11-14(19)9-10-15(20-11)17(24)21-16-12(2)22(3)23(18(16)25)13-7-5-4-6-8-13/h4-10H,1-3H3,(H,21,24). The first kappa shape index (κ1) is 16.6. The van der Waals surface area contributed by atoms with Gasteiger partial charge in [0.2, 0.25) is 0 Å². The van der Waals surface area contributed by atoms with Gasteiger partial charge in [0.15, 0.2) is 0 Å². The van der Waals surface area contributed by atoms with E-state index in [1.807, 2.05) is 18.2 Å². The summed E-state index contributed by atoms with van der Waals surface area (Å²) in [5, 5.41) is 2.59. The average Bonchev–Trinajstić information content (AvgIpc) is 2.81. The molecule has 0 saturated carbocycles. The van der Waals surface area contributed by atoms with Gasteiger partial charge in [0.05, 0.1) is 17.1 Å². The molecule has 2 heterocycles. The fourth-order valence-corrected chi connectivity index (χ4v) is 2.56. The number of anilines is 1. The van der Waals surface area contributed by atoms with Crippen molar-refractivity contribution in [3.63, 3.8) is 0 Å². The topological polar surface area (TPSA) is 68.9 Å². The number of halogens is 1. The van der Waals surface area contributed by atoms with Gasteiger partial charge < -0.3 is 5.32 Å². The van der Waals surface area contributed by atoms with E-state index in [1.165, 1.54) is 23.7 Å². The van der Waals surface area contributed by atoms with Crippen LogP contribution in [0.2, 0.25) is 0 Å². The van der Waals surface area contributed by atoms with E-state index in [-0.39, 0.29) is 22.6 Å². The fourth-order valence-electron chi connectivity index (χ4n) is 2.56. The first-order valence-corrected chi connectivity index (χ1v) is 7.68. The number of carbonyl (C=O) groups is 1. The van der Waals surface area contributed by atoms with Gasteiger partial charge in [-0.15, -0.1) is 0 Å². The van der Waals surface area contributed by atoms with E-state index in [0.717, 1.165) is 0 Å². The predicted octanol–water partition coefficient (Wildman–Crippen LogP) is 2.58. The van der Waals surface area contributed by atoms with E-state index in [4.69, 9.17) is 0 Å². The summed E-state index contributed by atoms with van der Waals surface area (Å²) in [6.07, 6.45) is 0. The smallest absolute Gasteiger partial charge is 0.295 e. The van der Waals surface area contributed by atoms with E-state index in [2.05, 4.69) is 10.3 Å². The number of nitrogens with one attached hydrogen (secondary N) is 1. The number of aryl methyl sites for hydroxylation is 1. The maximum atomic E-state index is 13.3. The summed E-state index contributed by atoms with van der Waals surface area (Å²) in [5.74, 6) is -1.05. The Bertz CT molecular complexity index is 1010. The molecule has 25 heavy (non-hydrogen) atoms. The maximum absolute atomic E-state index is 13.3. The van der Waals surface area contributed by atoms with Crippen molar-refractivity contribution in [1.82, 2.24) is 14.3 Å². The number of aromatic nitrogens is 3. The molecule has 0 aliphatic heterocycles. The van der Waals surface area contributed by atoms with Crippen LogP contribution in [0.1, 0.15) is 21.9 Å². The van der Waals surface area contributed by atoms with Crippen LogP contribution in [-0.2, 0) is 7.05 Å². The summed E-state index contributed by atoms with van der Waals surface area (Å²) in [7, 11) is 1.74. The van der Waals surface area contributed by atoms with E-state index in [0.29, 0.717) is 11.4 Å². The molecular weight excluding hydrogens is 323 g/mol. The number of hydrogen-bond acceptors (Lipinski definition) is 3. The minimum Gasteiger partial charge on any atom is -0.314 e. The third kappa shape index (κ3) is 2.96. The molecule has 3 rings (SSSR count). The van der Waals surface area contributed by atoms with E-state index in [1.54, 1.807) is 30.8 Å². The molecule has 0 unspecified atom stereocenters. The van der Waals surface area contributed by atoms with Crippen LogP contribution < -0.4 is 10.9 Å². The monoisotopic (exact) mass is 340 g/mol. The average molecular weight is 340 g/mol. The molecule has 1 aromatic carbocycles. The SMILES string of the molecule is Cc1nc(C(=O)Nc2c(C)n(C)n(-c3ccccc3)c2=O)ccc1F. The molecule has 0 radical (unpaired) electrons. The van der Waals surface area contributed by atoms with Gasteiger partial charge in [0, 0.05) is 7.05 Å². The molecule has 2 aromatic heterocycles. The summed E-state index contributed by atoms with van der Waals surface area (Å²) in [6.45, 7) is 3.21. The highest BCUT2D eigenvalue weighted by Gasteiger charge is 2.19. The largest absolute Gasteiger partial charge is 0.314 e. The quantitative estimate of drug-likeness (QED) is 0.797. The zero-order valence-electron chi connectivity index (χ0n) is 14.1. The molecule has 0 aliphatic carbocycles. The van der Waals surface area contributed by atoms with Crippen LogP contribution >= 0.6 is 0 Å². The van der Waals surface area contributed by atoms with Crippen LogP contribution in [0, 0.1) is 19.7 Å². The Hall–Kier alpha value is -3.22. The normalized spacial score (nSPS) is 10.7. The molecule has 7 heteroatoms. The van der Waals surface area contributed by atoms with Crippen molar-refractivity contribution >= 4 is 11.6 Å². The first-order chi connectivity index (χ1) is 11.9. The Labute approximate surface area is 143 Å². The highest BCUT2D eigenvalue weighted by atomic mass is 19.1. The Morgan fingerprint density at radius 2 is 1.80 bits per heavy atom. The van der Waals surface area contributed by atoms with Crippen LogP contribution in [0.3, 0.4) is 0 Å². The lowest BCUT2D eigenvalue weighted by atomic mass is 10.2. The van der Waals surface area contributed by atoms with Crippen molar-refractivity contribution in [1.29, 1.82) is 0 Å². The van der Waals surface area contributed by atoms with E-state index < -0.39 is 11.7 Å². The van der Waals surface area contributed by atoms with Gasteiger partial charge in [-0.2, -0.15) is 0 Å². The second kappa shape index (κ2) is 6.35.